The first-order valence-corrected chi connectivity index (χ1v) is 8.91. The van der Waals surface area contributed by atoms with E-state index in [2.05, 4.69) is 4.72 Å². The van der Waals surface area contributed by atoms with Crippen LogP contribution in [0.15, 0.2) is 47.4 Å². The Morgan fingerprint density at radius 3 is 2.60 bits per heavy atom. The lowest BCUT2D eigenvalue weighted by molar-refractivity contribution is 0.0711. The van der Waals surface area contributed by atoms with Gasteiger partial charge in [0.2, 0.25) is 0 Å². The molecule has 0 saturated carbocycles. The van der Waals surface area contributed by atoms with Crippen molar-refractivity contribution in [3.05, 3.63) is 47.3 Å². The number of amides is 1. The lowest BCUT2D eigenvalue weighted by Gasteiger charge is -2.10. The highest BCUT2D eigenvalue weighted by Gasteiger charge is 2.10. The van der Waals surface area contributed by atoms with Crippen LogP contribution in [-0.4, -0.2) is 25.3 Å². The van der Waals surface area contributed by atoms with Gasteiger partial charge < -0.3 is 14.2 Å². The second kappa shape index (κ2) is 7.64. The molecule has 0 bridgehead atoms. The van der Waals surface area contributed by atoms with E-state index in [1.165, 1.54) is 23.3 Å². The molecular weight excluding hydrogens is 360 g/mol. The molecule has 0 aliphatic carbocycles. The molecule has 6 nitrogen and oxygen atoms in total. The largest absolute Gasteiger partial charge is 0.493 e. The lowest BCUT2D eigenvalue weighted by Crippen LogP contribution is -2.16. The zero-order chi connectivity index (χ0) is 17.8. The summed E-state index contributed by atoms with van der Waals surface area (Å²) in [5.41, 5.74) is 2.56. The highest BCUT2D eigenvalue weighted by Crippen LogP contribution is 2.33. The van der Waals surface area contributed by atoms with Crippen LogP contribution in [0.2, 0.25) is 0 Å². The van der Waals surface area contributed by atoms with Gasteiger partial charge in [-0.3, -0.25) is 10.0 Å². The summed E-state index contributed by atoms with van der Waals surface area (Å²) in [5, 5.41) is 9.68. The van der Waals surface area contributed by atoms with Crippen molar-refractivity contribution in [1.82, 2.24) is 5.48 Å². The van der Waals surface area contributed by atoms with E-state index in [1.54, 1.807) is 25.8 Å². The van der Waals surface area contributed by atoms with Gasteiger partial charge in [0.25, 0.3) is 5.91 Å². The number of nitrogens with one attached hydrogen (secondary N) is 2. The molecule has 130 valence electrons. The molecule has 0 spiro atoms. The second-order valence-electron chi connectivity index (χ2n) is 5.03. The summed E-state index contributed by atoms with van der Waals surface area (Å²) in [6.45, 7) is 0. The number of benzene rings is 2. The number of carbonyl (C=O) groups excluding carboxylic acids is 1. The molecule has 2 aromatic carbocycles. The molecule has 0 aliphatic heterocycles. The minimum atomic E-state index is -0.504. The zero-order valence-corrected chi connectivity index (χ0v) is 15.2. The van der Waals surface area contributed by atoms with Crippen LogP contribution in [0.5, 0.6) is 11.5 Å². The van der Waals surface area contributed by atoms with Crippen molar-refractivity contribution < 1.29 is 19.5 Å². The monoisotopic (exact) mass is 376 g/mol. The predicted molar refractivity (Wildman–Crippen MR) is 100 cm³/mol. The summed E-state index contributed by atoms with van der Waals surface area (Å²) in [4.78, 5) is 12.9. The van der Waals surface area contributed by atoms with Crippen molar-refractivity contribution in [2.45, 2.75) is 4.90 Å². The number of carbonyl (C=O) groups is 1. The smallest absolute Gasteiger partial charge is 0.284 e. The summed E-state index contributed by atoms with van der Waals surface area (Å²) in [6, 6.07) is 13.3. The van der Waals surface area contributed by atoms with E-state index >= 15 is 0 Å². The Bertz CT molecular complexity index is 911. The number of ether oxygens (including phenoxy) is 2. The molecular formula is C17H16N2O4S2. The fraction of sp³-hybridized carbons (Fsp3) is 0.118. The first kappa shape index (κ1) is 17.4. The Hall–Kier alpha value is -2.42. The second-order valence-corrected chi connectivity index (χ2v) is 6.99. The standard InChI is InChI=1S/C17H16N2O4S2/c1-22-13-6-5-12(9-14(13)23-2)25-19-11-4-3-10-7-16(17(20)18-21)24-15(10)8-11/h3-9,19,21H,1-2H3,(H,18,20). The Morgan fingerprint density at radius 1 is 1.08 bits per heavy atom. The fourth-order valence-corrected chi connectivity index (χ4v) is 3.92. The number of thiophene rings is 1. The molecule has 1 amide bonds. The van der Waals surface area contributed by atoms with Gasteiger partial charge in [-0.1, -0.05) is 6.07 Å². The quantitative estimate of drug-likeness (QED) is 0.341. The fourth-order valence-electron chi connectivity index (χ4n) is 2.26. The van der Waals surface area contributed by atoms with Crippen molar-refractivity contribution in [2.24, 2.45) is 0 Å². The molecule has 1 heterocycles. The van der Waals surface area contributed by atoms with Crippen LogP contribution in [0.1, 0.15) is 9.67 Å². The summed E-state index contributed by atoms with van der Waals surface area (Å²) in [7, 11) is 3.20. The van der Waals surface area contributed by atoms with Crippen LogP contribution in [-0.2, 0) is 0 Å². The first-order valence-electron chi connectivity index (χ1n) is 7.27. The van der Waals surface area contributed by atoms with E-state index in [0.717, 1.165) is 20.7 Å². The van der Waals surface area contributed by atoms with Crippen LogP contribution >= 0.6 is 23.3 Å². The number of hydroxylamine groups is 1. The molecule has 8 heteroatoms. The topological polar surface area (TPSA) is 79.8 Å². The third kappa shape index (κ3) is 3.81. The highest BCUT2D eigenvalue weighted by atomic mass is 32.2. The first-order chi connectivity index (χ1) is 12.1. The number of anilines is 1. The Labute approximate surface area is 152 Å². The molecule has 0 saturated heterocycles. The molecule has 0 radical (unpaired) electrons. The highest BCUT2D eigenvalue weighted by molar-refractivity contribution is 8.00. The molecule has 0 atom stereocenters. The van der Waals surface area contributed by atoms with E-state index in [1.807, 2.05) is 36.4 Å². The number of methoxy groups -OCH3 is 2. The van der Waals surface area contributed by atoms with Gasteiger partial charge >= 0.3 is 0 Å². The average Bonchev–Trinajstić information content (AvgIpc) is 3.08. The zero-order valence-electron chi connectivity index (χ0n) is 13.5. The van der Waals surface area contributed by atoms with Crippen LogP contribution in [0.3, 0.4) is 0 Å². The Morgan fingerprint density at radius 2 is 1.88 bits per heavy atom. The van der Waals surface area contributed by atoms with Gasteiger partial charge in [-0.2, -0.15) is 0 Å². The summed E-state index contributed by atoms with van der Waals surface area (Å²) < 4.78 is 14.8. The molecule has 3 N–H and O–H groups in total. The van der Waals surface area contributed by atoms with Crippen molar-refractivity contribution in [1.29, 1.82) is 0 Å². The minimum absolute atomic E-state index is 0.460. The molecule has 0 fully saturated rings. The number of hydrogen-bond acceptors (Lipinski definition) is 7. The third-order valence-electron chi connectivity index (χ3n) is 3.49. The molecule has 0 aliphatic rings. The van der Waals surface area contributed by atoms with Gasteiger partial charge in [-0.05, 0) is 53.7 Å². The van der Waals surface area contributed by atoms with Crippen LogP contribution in [0.4, 0.5) is 5.69 Å². The molecule has 1 aromatic heterocycles. The molecule has 0 unspecified atom stereocenters. The predicted octanol–water partition coefficient (Wildman–Crippen LogP) is 4.16. The lowest BCUT2D eigenvalue weighted by atomic mass is 10.2. The van der Waals surface area contributed by atoms with Crippen molar-refractivity contribution >= 4 is 45.0 Å². The number of rotatable bonds is 6. The van der Waals surface area contributed by atoms with Crippen LogP contribution < -0.4 is 19.7 Å². The van der Waals surface area contributed by atoms with Crippen molar-refractivity contribution in [3.63, 3.8) is 0 Å². The molecule has 3 aromatic rings. The van der Waals surface area contributed by atoms with Crippen molar-refractivity contribution in [2.75, 3.05) is 18.9 Å². The van der Waals surface area contributed by atoms with Crippen LogP contribution in [0, 0.1) is 0 Å². The van der Waals surface area contributed by atoms with Gasteiger partial charge in [0, 0.05) is 15.3 Å². The Kier molecular flexibility index (Phi) is 5.32. The van der Waals surface area contributed by atoms with Gasteiger partial charge in [-0.25, -0.2) is 5.48 Å². The van der Waals surface area contributed by atoms with Gasteiger partial charge in [0.05, 0.1) is 19.1 Å². The van der Waals surface area contributed by atoms with E-state index in [9.17, 15) is 4.79 Å². The van der Waals surface area contributed by atoms with Gasteiger partial charge in [0.1, 0.15) is 0 Å². The van der Waals surface area contributed by atoms with E-state index in [-0.39, 0.29) is 0 Å². The average molecular weight is 376 g/mol. The summed E-state index contributed by atoms with van der Waals surface area (Å²) in [6.07, 6.45) is 0. The van der Waals surface area contributed by atoms with Gasteiger partial charge in [0.15, 0.2) is 11.5 Å². The summed E-state index contributed by atoms with van der Waals surface area (Å²) in [5.74, 6) is 0.847. The maximum absolute atomic E-state index is 11.5. The van der Waals surface area contributed by atoms with Crippen LogP contribution in [0.25, 0.3) is 10.1 Å². The maximum atomic E-state index is 11.5. The van der Waals surface area contributed by atoms with E-state index < -0.39 is 5.91 Å². The normalized spacial score (nSPS) is 10.5. The Balaban J connectivity index is 1.76. The maximum Gasteiger partial charge on any atom is 0.284 e. The number of fused-ring (bicyclic) bond motifs is 1. The minimum Gasteiger partial charge on any atom is -0.493 e. The van der Waals surface area contributed by atoms with Crippen molar-refractivity contribution in [3.8, 4) is 11.5 Å². The summed E-state index contributed by atoms with van der Waals surface area (Å²) >= 11 is 2.77. The molecule has 3 rings (SSSR count). The number of hydrogen-bond donors (Lipinski definition) is 3. The SMILES string of the molecule is COc1ccc(SNc2ccc3cc(C(=O)NO)sc3c2)cc1OC. The molecule has 25 heavy (non-hydrogen) atoms. The van der Waals surface area contributed by atoms with E-state index in [0.29, 0.717) is 16.4 Å². The van der Waals surface area contributed by atoms with E-state index in [4.69, 9.17) is 14.7 Å². The van der Waals surface area contributed by atoms with Gasteiger partial charge in [-0.15, -0.1) is 11.3 Å². The third-order valence-corrected chi connectivity index (χ3v) is 5.41.